The number of nitrogens with one attached hydrogen (secondary N) is 1. The number of benzene rings is 2. The third-order valence-electron chi connectivity index (χ3n) is 4.26. The van der Waals surface area contributed by atoms with Crippen LogP contribution in [-0.2, 0) is 13.1 Å². The lowest BCUT2D eigenvalue weighted by Gasteiger charge is -2.11. The summed E-state index contributed by atoms with van der Waals surface area (Å²) in [5.74, 6) is 3.54. The summed E-state index contributed by atoms with van der Waals surface area (Å²) < 4.78 is 21.9. The molecule has 3 rings (SSSR count). The van der Waals surface area contributed by atoms with Crippen LogP contribution in [0.3, 0.4) is 0 Å². The highest BCUT2D eigenvalue weighted by Crippen LogP contribution is 2.27. The number of methoxy groups -OCH3 is 2. The number of ether oxygens (including phenoxy) is 4. The molecule has 0 amide bonds. The first-order valence-electron chi connectivity index (χ1n) is 9.49. The largest absolute Gasteiger partial charge is 0.494 e. The molecular weight excluding hydrogens is 368 g/mol. The zero-order valence-electron chi connectivity index (χ0n) is 17.0. The molecule has 152 valence electrons. The average Bonchev–Trinajstić information content (AvgIpc) is 2.75. The van der Waals surface area contributed by atoms with E-state index in [0.717, 1.165) is 34.1 Å². The number of aromatic nitrogens is 1. The fourth-order valence-electron chi connectivity index (χ4n) is 2.85. The van der Waals surface area contributed by atoms with Gasteiger partial charge in [0.05, 0.1) is 20.8 Å². The molecule has 0 radical (unpaired) electrons. The van der Waals surface area contributed by atoms with Crippen LogP contribution >= 0.6 is 0 Å². The Morgan fingerprint density at radius 3 is 2.17 bits per heavy atom. The van der Waals surface area contributed by atoms with Crippen molar-refractivity contribution in [1.29, 1.82) is 0 Å². The van der Waals surface area contributed by atoms with Crippen molar-refractivity contribution in [3.8, 4) is 28.9 Å². The van der Waals surface area contributed by atoms with Gasteiger partial charge in [-0.25, -0.2) is 4.98 Å². The molecule has 2 aromatic carbocycles. The molecule has 6 nitrogen and oxygen atoms in total. The van der Waals surface area contributed by atoms with Gasteiger partial charge in [0.2, 0.25) is 5.88 Å². The zero-order chi connectivity index (χ0) is 20.5. The SMILES string of the molecule is CCOc1ccc(Oc2cc(CNCc3ccc(OC)c(OC)c3)ccn2)cc1. The average molecular weight is 394 g/mol. The Labute approximate surface area is 171 Å². The van der Waals surface area contributed by atoms with Crippen molar-refractivity contribution in [3.63, 3.8) is 0 Å². The van der Waals surface area contributed by atoms with E-state index < -0.39 is 0 Å². The monoisotopic (exact) mass is 394 g/mol. The second-order valence-corrected chi connectivity index (χ2v) is 6.30. The summed E-state index contributed by atoms with van der Waals surface area (Å²) in [6.45, 7) is 3.99. The Morgan fingerprint density at radius 1 is 0.793 bits per heavy atom. The first kappa shape index (κ1) is 20.5. The Balaban J connectivity index is 1.56. The quantitative estimate of drug-likeness (QED) is 0.543. The minimum atomic E-state index is 0.555. The molecule has 0 saturated carbocycles. The minimum absolute atomic E-state index is 0.555. The molecule has 0 spiro atoms. The maximum Gasteiger partial charge on any atom is 0.219 e. The smallest absolute Gasteiger partial charge is 0.219 e. The fourth-order valence-corrected chi connectivity index (χ4v) is 2.85. The number of hydrogen-bond donors (Lipinski definition) is 1. The molecular formula is C23H26N2O4. The third kappa shape index (κ3) is 5.86. The minimum Gasteiger partial charge on any atom is -0.494 e. The van der Waals surface area contributed by atoms with E-state index in [0.29, 0.717) is 25.6 Å². The van der Waals surface area contributed by atoms with E-state index >= 15 is 0 Å². The highest BCUT2D eigenvalue weighted by atomic mass is 16.5. The number of pyridine rings is 1. The van der Waals surface area contributed by atoms with Crippen LogP contribution in [-0.4, -0.2) is 25.8 Å². The van der Waals surface area contributed by atoms with Crippen molar-refractivity contribution >= 4 is 0 Å². The van der Waals surface area contributed by atoms with Crippen molar-refractivity contribution in [2.24, 2.45) is 0 Å². The Hall–Kier alpha value is -3.25. The van der Waals surface area contributed by atoms with Crippen molar-refractivity contribution in [1.82, 2.24) is 10.3 Å². The molecule has 0 unspecified atom stereocenters. The molecule has 0 bridgehead atoms. The van der Waals surface area contributed by atoms with Gasteiger partial charge in [-0.2, -0.15) is 0 Å². The van der Waals surface area contributed by atoms with Gasteiger partial charge >= 0.3 is 0 Å². The van der Waals surface area contributed by atoms with Gasteiger partial charge in [0.25, 0.3) is 0 Å². The maximum atomic E-state index is 5.85. The van der Waals surface area contributed by atoms with Gasteiger partial charge in [-0.3, -0.25) is 0 Å². The van der Waals surface area contributed by atoms with Crippen molar-refractivity contribution in [2.45, 2.75) is 20.0 Å². The molecule has 0 aliphatic carbocycles. The molecule has 3 aromatic rings. The highest BCUT2D eigenvalue weighted by molar-refractivity contribution is 5.42. The first-order valence-corrected chi connectivity index (χ1v) is 9.49. The van der Waals surface area contributed by atoms with E-state index in [-0.39, 0.29) is 0 Å². The van der Waals surface area contributed by atoms with Crippen LogP contribution in [0.5, 0.6) is 28.9 Å². The van der Waals surface area contributed by atoms with E-state index in [4.69, 9.17) is 18.9 Å². The van der Waals surface area contributed by atoms with E-state index in [1.54, 1.807) is 20.4 Å². The van der Waals surface area contributed by atoms with E-state index in [2.05, 4.69) is 10.3 Å². The summed E-state index contributed by atoms with van der Waals surface area (Å²) in [5.41, 5.74) is 2.20. The summed E-state index contributed by atoms with van der Waals surface area (Å²) >= 11 is 0. The van der Waals surface area contributed by atoms with Crippen LogP contribution in [0.25, 0.3) is 0 Å². The molecule has 0 aliphatic heterocycles. The first-order chi connectivity index (χ1) is 14.2. The van der Waals surface area contributed by atoms with Crippen molar-refractivity contribution < 1.29 is 18.9 Å². The fraction of sp³-hybridized carbons (Fsp3) is 0.261. The molecule has 1 N–H and O–H groups in total. The van der Waals surface area contributed by atoms with Gasteiger partial charge in [0.1, 0.15) is 11.5 Å². The predicted octanol–water partition coefficient (Wildman–Crippen LogP) is 4.58. The normalized spacial score (nSPS) is 10.4. The lowest BCUT2D eigenvalue weighted by Crippen LogP contribution is -2.13. The van der Waals surface area contributed by atoms with Gasteiger partial charge in [-0.15, -0.1) is 0 Å². The molecule has 0 atom stereocenters. The highest BCUT2D eigenvalue weighted by Gasteiger charge is 2.05. The van der Waals surface area contributed by atoms with Gasteiger partial charge in [0.15, 0.2) is 11.5 Å². The summed E-state index contributed by atoms with van der Waals surface area (Å²) in [6.07, 6.45) is 1.75. The standard InChI is InChI=1S/C23H26N2O4/c1-4-28-19-6-8-20(9-7-19)29-23-14-18(11-12-25-23)16-24-15-17-5-10-21(26-2)22(13-17)27-3/h5-14,24H,4,15-16H2,1-3H3. The van der Waals surface area contributed by atoms with Gasteiger partial charge in [0, 0.05) is 25.4 Å². The summed E-state index contributed by atoms with van der Waals surface area (Å²) in [6, 6.07) is 17.3. The topological polar surface area (TPSA) is 61.8 Å². The molecule has 6 heteroatoms. The van der Waals surface area contributed by atoms with Crippen LogP contribution in [0.1, 0.15) is 18.1 Å². The van der Waals surface area contributed by atoms with Crippen LogP contribution in [0.2, 0.25) is 0 Å². The predicted molar refractivity (Wildman–Crippen MR) is 112 cm³/mol. The second-order valence-electron chi connectivity index (χ2n) is 6.30. The van der Waals surface area contributed by atoms with Gasteiger partial charge in [-0.1, -0.05) is 6.07 Å². The third-order valence-corrected chi connectivity index (χ3v) is 4.26. The molecule has 0 saturated heterocycles. The summed E-state index contributed by atoms with van der Waals surface area (Å²) in [5, 5.41) is 3.42. The van der Waals surface area contributed by atoms with Crippen molar-refractivity contribution in [2.75, 3.05) is 20.8 Å². The summed E-state index contributed by atoms with van der Waals surface area (Å²) in [7, 11) is 3.27. The van der Waals surface area contributed by atoms with Crippen LogP contribution in [0, 0.1) is 0 Å². The van der Waals surface area contributed by atoms with Crippen molar-refractivity contribution in [3.05, 3.63) is 71.9 Å². The number of rotatable bonds is 10. The Bertz CT molecular complexity index is 913. The lowest BCUT2D eigenvalue weighted by molar-refractivity contribution is 0.339. The van der Waals surface area contributed by atoms with Gasteiger partial charge < -0.3 is 24.3 Å². The molecule has 1 aromatic heterocycles. The van der Waals surface area contributed by atoms with Crippen LogP contribution in [0.15, 0.2) is 60.8 Å². The van der Waals surface area contributed by atoms with Gasteiger partial charge in [-0.05, 0) is 60.5 Å². The van der Waals surface area contributed by atoms with Crippen LogP contribution < -0.4 is 24.3 Å². The van der Waals surface area contributed by atoms with E-state index in [1.807, 2.05) is 61.5 Å². The molecule has 0 fully saturated rings. The summed E-state index contributed by atoms with van der Waals surface area (Å²) in [4.78, 5) is 4.29. The Kier molecular flexibility index (Phi) is 7.30. The second kappa shape index (κ2) is 10.3. The lowest BCUT2D eigenvalue weighted by atomic mass is 10.2. The maximum absolute atomic E-state index is 5.85. The molecule has 1 heterocycles. The van der Waals surface area contributed by atoms with E-state index in [1.165, 1.54) is 0 Å². The number of hydrogen-bond acceptors (Lipinski definition) is 6. The van der Waals surface area contributed by atoms with Crippen LogP contribution in [0.4, 0.5) is 0 Å². The molecule has 0 aliphatic rings. The zero-order valence-corrected chi connectivity index (χ0v) is 17.0. The number of nitrogens with zero attached hydrogens (tertiary/aromatic N) is 1. The Morgan fingerprint density at radius 2 is 1.48 bits per heavy atom. The molecule has 29 heavy (non-hydrogen) atoms. The van der Waals surface area contributed by atoms with E-state index in [9.17, 15) is 0 Å².